The van der Waals surface area contributed by atoms with Crippen molar-refractivity contribution < 1.29 is 18.0 Å². The number of alkyl halides is 3. The molecule has 0 aliphatic heterocycles. The molecular weight excluding hydrogens is 295 g/mol. The Hall–Kier alpha value is -2.31. The van der Waals surface area contributed by atoms with Gasteiger partial charge in [-0.25, -0.2) is 0 Å². The van der Waals surface area contributed by atoms with E-state index in [9.17, 15) is 18.0 Å². The quantitative estimate of drug-likeness (QED) is 0.942. The predicted octanol–water partition coefficient (Wildman–Crippen LogP) is 3.26. The van der Waals surface area contributed by atoms with Crippen molar-refractivity contribution in [3.8, 4) is 0 Å². The second-order valence-electron chi connectivity index (χ2n) is 5.20. The van der Waals surface area contributed by atoms with Crippen molar-refractivity contribution in [1.82, 2.24) is 9.78 Å². The first kappa shape index (κ1) is 16.1. The molecule has 1 unspecified atom stereocenters. The Bertz CT molecular complexity index is 664. The second-order valence-corrected chi connectivity index (χ2v) is 5.20. The predicted molar refractivity (Wildman–Crippen MR) is 76.1 cm³/mol. The third-order valence-electron chi connectivity index (χ3n) is 3.22. The second kappa shape index (κ2) is 6.21. The van der Waals surface area contributed by atoms with E-state index in [1.807, 2.05) is 0 Å². The molecule has 1 aromatic heterocycles. The van der Waals surface area contributed by atoms with E-state index in [0.29, 0.717) is 11.3 Å². The largest absolute Gasteiger partial charge is 0.416 e. The number of nitrogens with zero attached hydrogens (tertiary/aromatic N) is 2. The van der Waals surface area contributed by atoms with Crippen LogP contribution in [0.15, 0.2) is 36.7 Å². The zero-order chi connectivity index (χ0) is 16.3. The minimum atomic E-state index is -4.38. The molecule has 4 nitrogen and oxygen atoms in total. The van der Waals surface area contributed by atoms with Crippen LogP contribution in [0.2, 0.25) is 0 Å². The minimum Gasteiger partial charge on any atom is -0.323 e. The van der Waals surface area contributed by atoms with Crippen molar-refractivity contribution >= 4 is 11.6 Å². The summed E-state index contributed by atoms with van der Waals surface area (Å²) in [5, 5.41) is 6.61. The van der Waals surface area contributed by atoms with Crippen LogP contribution < -0.4 is 5.32 Å². The number of hydrogen-bond donors (Lipinski definition) is 1. The Kier molecular flexibility index (Phi) is 4.54. The molecule has 1 amide bonds. The van der Waals surface area contributed by atoms with E-state index in [1.165, 1.54) is 12.3 Å². The lowest BCUT2D eigenvalue weighted by Crippen LogP contribution is -2.22. The van der Waals surface area contributed by atoms with Crippen LogP contribution in [0, 0.1) is 5.92 Å². The fourth-order valence-corrected chi connectivity index (χ4v) is 2.07. The van der Waals surface area contributed by atoms with E-state index in [1.54, 1.807) is 30.9 Å². The van der Waals surface area contributed by atoms with Gasteiger partial charge in [-0.2, -0.15) is 18.3 Å². The molecule has 1 N–H and O–H groups in total. The van der Waals surface area contributed by atoms with Crippen molar-refractivity contribution in [2.75, 3.05) is 5.32 Å². The number of benzene rings is 1. The lowest BCUT2D eigenvalue weighted by atomic mass is 9.98. The SMILES string of the molecule is CC(Cc1cccc(C(F)(F)F)c1)C(=O)Nc1cnn(C)c1. The molecule has 1 aromatic carbocycles. The number of nitrogens with one attached hydrogen (secondary N) is 1. The van der Waals surface area contributed by atoms with Gasteiger partial charge in [0.2, 0.25) is 5.91 Å². The summed E-state index contributed by atoms with van der Waals surface area (Å²) in [6.07, 6.45) is -0.989. The maximum absolute atomic E-state index is 12.7. The highest BCUT2D eigenvalue weighted by Crippen LogP contribution is 2.30. The summed E-state index contributed by atoms with van der Waals surface area (Å²) in [6.45, 7) is 1.67. The summed E-state index contributed by atoms with van der Waals surface area (Å²) in [5.41, 5.74) is 0.330. The number of aryl methyl sites for hydroxylation is 1. The zero-order valence-electron chi connectivity index (χ0n) is 12.2. The summed E-state index contributed by atoms with van der Waals surface area (Å²) in [4.78, 5) is 12.0. The summed E-state index contributed by atoms with van der Waals surface area (Å²) in [7, 11) is 1.72. The number of halogens is 3. The molecule has 0 saturated heterocycles. The fourth-order valence-electron chi connectivity index (χ4n) is 2.07. The number of hydrogen-bond acceptors (Lipinski definition) is 2. The topological polar surface area (TPSA) is 46.9 Å². The van der Waals surface area contributed by atoms with Crippen molar-refractivity contribution in [3.05, 3.63) is 47.8 Å². The molecule has 118 valence electrons. The molecule has 22 heavy (non-hydrogen) atoms. The first-order chi connectivity index (χ1) is 10.3. The summed E-state index contributed by atoms with van der Waals surface area (Å²) < 4.78 is 39.5. The van der Waals surface area contributed by atoms with Crippen LogP contribution in [-0.4, -0.2) is 15.7 Å². The summed E-state index contributed by atoms with van der Waals surface area (Å²) in [6, 6.07) is 5.03. The average Bonchev–Trinajstić information content (AvgIpc) is 2.83. The summed E-state index contributed by atoms with van der Waals surface area (Å²) in [5.74, 6) is -0.714. The molecule has 2 rings (SSSR count). The van der Waals surface area contributed by atoms with E-state index in [4.69, 9.17) is 0 Å². The van der Waals surface area contributed by atoms with Gasteiger partial charge in [-0.15, -0.1) is 0 Å². The number of rotatable bonds is 4. The highest BCUT2D eigenvalue weighted by atomic mass is 19.4. The number of aromatic nitrogens is 2. The third kappa shape index (κ3) is 4.09. The standard InChI is InChI=1S/C15H16F3N3O/c1-10(14(22)20-13-8-19-21(2)9-13)6-11-4-3-5-12(7-11)15(16,17)18/h3-5,7-10H,6H2,1-2H3,(H,20,22). The first-order valence-corrected chi connectivity index (χ1v) is 6.71. The molecule has 0 aliphatic carbocycles. The highest BCUT2D eigenvalue weighted by Gasteiger charge is 2.30. The van der Waals surface area contributed by atoms with Crippen LogP contribution in [0.25, 0.3) is 0 Å². The maximum atomic E-state index is 12.7. The van der Waals surface area contributed by atoms with E-state index in [0.717, 1.165) is 12.1 Å². The van der Waals surface area contributed by atoms with Gasteiger partial charge >= 0.3 is 6.18 Å². The number of anilines is 1. The van der Waals surface area contributed by atoms with Gasteiger partial charge in [0, 0.05) is 19.2 Å². The summed E-state index contributed by atoms with van der Waals surface area (Å²) >= 11 is 0. The Balaban J connectivity index is 2.02. The molecule has 1 atom stereocenters. The van der Waals surface area contributed by atoms with Gasteiger partial charge in [-0.05, 0) is 18.1 Å². The van der Waals surface area contributed by atoms with E-state index < -0.39 is 17.7 Å². The van der Waals surface area contributed by atoms with Gasteiger partial charge in [0.1, 0.15) is 0 Å². The Labute approximate surface area is 125 Å². The molecule has 1 heterocycles. The zero-order valence-corrected chi connectivity index (χ0v) is 12.2. The molecule has 0 radical (unpaired) electrons. The molecule has 0 spiro atoms. The van der Waals surface area contributed by atoms with Gasteiger partial charge in [0.15, 0.2) is 0 Å². The minimum absolute atomic E-state index is 0.232. The van der Waals surface area contributed by atoms with Crippen molar-refractivity contribution in [2.45, 2.75) is 19.5 Å². The molecule has 7 heteroatoms. The van der Waals surface area contributed by atoms with Crippen LogP contribution in [0.5, 0.6) is 0 Å². The molecule has 2 aromatic rings. The molecule has 0 aliphatic rings. The highest BCUT2D eigenvalue weighted by molar-refractivity contribution is 5.92. The number of carbonyl (C=O) groups is 1. The number of amides is 1. The van der Waals surface area contributed by atoms with Crippen LogP contribution in [0.4, 0.5) is 18.9 Å². The lowest BCUT2D eigenvalue weighted by molar-refractivity contribution is -0.137. The maximum Gasteiger partial charge on any atom is 0.416 e. The van der Waals surface area contributed by atoms with Crippen LogP contribution in [0.3, 0.4) is 0 Å². The smallest absolute Gasteiger partial charge is 0.323 e. The number of carbonyl (C=O) groups excluding carboxylic acids is 1. The molecule has 0 bridgehead atoms. The Morgan fingerprint density at radius 3 is 2.73 bits per heavy atom. The monoisotopic (exact) mass is 311 g/mol. The van der Waals surface area contributed by atoms with Crippen molar-refractivity contribution in [2.24, 2.45) is 13.0 Å². The van der Waals surface area contributed by atoms with Gasteiger partial charge in [-0.1, -0.05) is 25.1 Å². The molecule has 0 fully saturated rings. The van der Waals surface area contributed by atoms with Gasteiger partial charge in [-0.3, -0.25) is 9.48 Å². The van der Waals surface area contributed by atoms with E-state index >= 15 is 0 Å². The normalized spacial score (nSPS) is 13.0. The van der Waals surface area contributed by atoms with Crippen molar-refractivity contribution in [1.29, 1.82) is 0 Å². The Morgan fingerprint density at radius 2 is 2.14 bits per heavy atom. The Morgan fingerprint density at radius 1 is 1.41 bits per heavy atom. The average molecular weight is 311 g/mol. The van der Waals surface area contributed by atoms with E-state index in [-0.39, 0.29) is 12.3 Å². The third-order valence-corrected chi connectivity index (χ3v) is 3.22. The van der Waals surface area contributed by atoms with E-state index in [2.05, 4.69) is 10.4 Å². The first-order valence-electron chi connectivity index (χ1n) is 6.71. The van der Waals surface area contributed by atoms with Crippen LogP contribution in [-0.2, 0) is 24.4 Å². The fraction of sp³-hybridized carbons (Fsp3) is 0.333. The van der Waals surface area contributed by atoms with Gasteiger partial charge < -0.3 is 5.32 Å². The molecular formula is C15H16F3N3O. The van der Waals surface area contributed by atoms with Gasteiger partial charge in [0.05, 0.1) is 17.4 Å². The molecule has 0 saturated carbocycles. The van der Waals surface area contributed by atoms with Gasteiger partial charge in [0.25, 0.3) is 0 Å². The van der Waals surface area contributed by atoms with Crippen molar-refractivity contribution in [3.63, 3.8) is 0 Å². The van der Waals surface area contributed by atoms with Crippen LogP contribution >= 0.6 is 0 Å². The van der Waals surface area contributed by atoms with Crippen LogP contribution in [0.1, 0.15) is 18.1 Å². The lowest BCUT2D eigenvalue weighted by Gasteiger charge is -2.13.